The lowest BCUT2D eigenvalue weighted by atomic mass is 10.2. The number of rotatable bonds is 5. The Bertz CT molecular complexity index is 393. The molecule has 0 aliphatic heterocycles. The highest BCUT2D eigenvalue weighted by molar-refractivity contribution is 6.30. The number of hydrogen-bond donors (Lipinski definition) is 0. The zero-order valence-electron chi connectivity index (χ0n) is 9.70. The average molecular weight is 261 g/mol. The number of halogens is 2. The number of carbonyl (C=O) groups is 1. The van der Waals surface area contributed by atoms with Crippen molar-refractivity contribution in [3.63, 3.8) is 0 Å². The number of ether oxygens (including phenoxy) is 2. The number of esters is 1. The Morgan fingerprint density at radius 3 is 2.76 bits per heavy atom. The van der Waals surface area contributed by atoms with Gasteiger partial charge >= 0.3 is 5.97 Å². The van der Waals surface area contributed by atoms with E-state index in [0.717, 1.165) is 6.07 Å². The summed E-state index contributed by atoms with van der Waals surface area (Å²) in [4.78, 5) is 11.5. The van der Waals surface area contributed by atoms with Crippen molar-refractivity contribution in [3.05, 3.63) is 34.6 Å². The molecule has 0 aliphatic carbocycles. The minimum atomic E-state index is -0.739. The Kier molecular flexibility index (Phi) is 5.38. The van der Waals surface area contributed by atoms with Crippen molar-refractivity contribution in [2.75, 3.05) is 13.2 Å². The van der Waals surface area contributed by atoms with Gasteiger partial charge in [0.2, 0.25) is 0 Å². The summed E-state index contributed by atoms with van der Waals surface area (Å²) in [5, 5.41) is 0.289. The summed E-state index contributed by atoms with van der Waals surface area (Å²) in [6.45, 7) is 4.12. The molecule has 0 saturated heterocycles. The van der Waals surface area contributed by atoms with Crippen LogP contribution in [-0.2, 0) is 9.47 Å². The largest absolute Gasteiger partial charge is 0.460 e. The molecule has 0 heterocycles. The van der Waals surface area contributed by atoms with Crippen LogP contribution in [0.3, 0.4) is 0 Å². The highest BCUT2D eigenvalue weighted by Gasteiger charge is 2.13. The minimum absolute atomic E-state index is 0.0663. The molecule has 0 aromatic heterocycles. The SMILES string of the molecule is CC(C)OCCOC(=O)c1cc(Cl)ccc1F. The average Bonchev–Trinajstić information content (AvgIpc) is 2.27. The molecule has 0 atom stereocenters. The highest BCUT2D eigenvalue weighted by atomic mass is 35.5. The summed E-state index contributed by atoms with van der Waals surface area (Å²) in [5.74, 6) is -1.39. The van der Waals surface area contributed by atoms with Gasteiger partial charge in [0, 0.05) is 5.02 Å². The van der Waals surface area contributed by atoms with Crippen LogP contribution in [0.1, 0.15) is 24.2 Å². The van der Waals surface area contributed by atoms with Gasteiger partial charge in [-0.05, 0) is 32.0 Å². The fourth-order valence-corrected chi connectivity index (χ4v) is 1.32. The standard InChI is InChI=1S/C12H14ClFO3/c1-8(2)16-5-6-17-12(15)10-7-9(13)3-4-11(10)14/h3-4,7-8H,5-6H2,1-2H3. The van der Waals surface area contributed by atoms with Crippen LogP contribution < -0.4 is 0 Å². The summed E-state index contributed by atoms with van der Waals surface area (Å²) in [6.07, 6.45) is 0.0663. The van der Waals surface area contributed by atoms with Crippen molar-refractivity contribution < 1.29 is 18.7 Å². The molecule has 0 unspecified atom stereocenters. The molecule has 1 rings (SSSR count). The summed E-state index contributed by atoms with van der Waals surface area (Å²) < 4.78 is 23.3. The van der Waals surface area contributed by atoms with E-state index in [-0.39, 0.29) is 29.9 Å². The lowest BCUT2D eigenvalue weighted by Crippen LogP contribution is -2.14. The zero-order chi connectivity index (χ0) is 12.8. The maximum Gasteiger partial charge on any atom is 0.341 e. The molecular formula is C12H14ClFO3. The minimum Gasteiger partial charge on any atom is -0.460 e. The third-order valence-electron chi connectivity index (χ3n) is 1.92. The lowest BCUT2D eigenvalue weighted by molar-refractivity contribution is 0.0173. The van der Waals surface area contributed by atoms with Crippen LogP contribution in [0.15, 0.2) is 18.2 Å². The molecule has 0 amide bonds. The second-order valence-corrected chi connectivity index (χ2v) is 4.12. The van der Waals surface area contributed by atoms with Crippen molar-refractivity contribution in [1.29, 1.82) is 0 Å². The predicted molar refractivity (Wildman–Crippen MR) is 62.8 cm³/mol. The first-order chi connectivity index (χ1) is 8.00. The number of hydrogen-bond acceptors (Lipinski definition) is 3. The van der Waals surface area contributed by atoms with Crippen molar-refractivity contribution >= 4 is 17.6 Å². The first kappa shape index (κ1) is 13.9. The van der Waals surface area contributed by atoms with Crippen LogP contribution in [0.4, 0.5) is 4.39 Å². The molecule has 1 aromatic rings. The molecule has 5 heteroatoms. The topological polar surface area (TPSA) is 35.5 Å². The molecule has 0 bridgehead atoms. The van der Waals surface area contributed by atoms with Gasteiger partial charge in [0.15, 0.2) is 0 Å². The van der Waals surface area contributed by atoms with E-state index in [2.05, 4.69) is 0 Å². The first-order valence-corrected chi connectivity index (χ1v) is 5.62. The lowest BCUT2D eigenvalue weighted by Gasteiger charge is -2.08. The van der Waals surface area contributed by atoms with Gasteiger partial charge in [-0.3, -0.25) is 0 Å². The van der Waals surface area contributed by atoms with Crippen LogP contribution in [0.5, 0.6) is 0 Å². The molecule has 3 nitrogen and oxygen atoms in total. The summed E-state index contributed by atoms with van der Waals surface area (Å²) in [5.41, 5.74) is -0.165. The Balaban J connectivity index is 2.49. The maximum atomic E-state index is 13.3. The van der Waals surface area contributed by atoms with Crippen LogP contribution in [0, 0.1) is 5.82 Å². The summed E-state index contributed by atoms with van der Waals surface area (Å²) >= 11 is 5.66. The van der Waals surface area contributed by atoms with E-state index in [4.69, 9.17) is 21.1 Å². The third kappa shape index (κ3) is 4.71. The molecule has 0 saturated carbocycles. The van der Waals surface area contributed by atoms with Gasteiger partial charge in [0.05, 0.1) is 18.3 Å². The van der Waals surface area contributed by atoms with E-state index < -0.39 is 11.8 Å². The summed E-state index contributed by atoms with van der Waals surface area (Å²) in [7, 11) is 0. The number of benzene rings is 1. The Morgan fingerprint density at radius 1 is 1.41 bits per heavy atom. The van der Waals surface area contributed by atoms with Gasteiger partial charge in [-0.1, -0.05) is 11.6 Å². The van der Waals surface area contributed by atoms with Gasteiger partial charge in [-0.25, -0.2) is 9.18 Å². The summed E-state index contributed by atoms with van der Waals surface area (Å²) in [6, 6.07) is 3.74. The van der Waals surface area contributed by atoms with E-state index >= 15 is 0 Å². The van der Waals surface area contributed by atoms with Crippen LogP contribution in [0.25, 0.3) is 0 Å². The van der Waals surface area contributed by atoms with Crippen LogP contribution in [-0.4, -0.2) is 25.3 Å². The van der Waals surface area contributed by atoms with Crippen LogP contribution >= 0.6 is 11.6 Å². The van der Waals surface area contributed by atoms with E-state index in [9.17, 15) is 9.18 Å². The quantitative estimate of drug-likeness (QED) is 0.603. The maximum absolute atomic E-state index is 13.3. The predicted octanol–water partition coefficient (Wildman–Crippen LogP) is 3.06. The second-order valence-electron chi connectivity index (χ2n) is 3.68. The Morgan fingerprint density at radius 2 is 2.12 bits per heavy atom. The van der Waals surface area contributed by atoms with Crippen molar-refractivity contribution in [2.24, 2.45) is 0 Å². The zero-order valence-corrected chi connectivity index (χ0v) is 10.5. The smallest absolute Gasteiger partial charge is 0.341 e. The van der Waals surface area contributed by atoms with Crippen LogP contribution in [0.2, 0.25) is 5.02 Å². The van der Waals surface area contributed by atoms with Gasteiger partial charge < -0.3 is 9.47 Å². The molecule has 0 N–H and O–H groups in total. The van der Waals surface area contributed by atoms with Crippen molar-refractivity contribution in [2.45, 2.75) is 20.0 Å². The monoisotopic (exact) mass is 260 g/mol. The van der Waals surface area contributed by atoms with E-state index in [1.165, 1.54) is 12.1 Å². The molecule has 17 heavy (non-hydrogen) atoms. The van der Waals surface area contributed by atoms with Crippen molar-refractivity contribution in [1.82, 2.24) is 0 Å². The van der Waals surface area contributed by atoms with E-state index in [1.54, 1.807) is 0 Å². The third-order valence-corrected chi connectivity index (χ3v) is 2.15. The van der Waals surface area contributed by atoms with Gasteiger partial charge in [0.1, 0.15) is 12.4 Å². The van der Waals surface area contributed by atoms with Gasteiger partial charge in [0.25, 0.3) is 0 Å². The molecular weight excluding hydrogens is 247 g/mol. The highest BCUT2D eigenvalue weighted by Crippen LogP contribution is 2.15. The number of carbonyl (C=O) groups excluding carboxylic acids is 1. The molecule has 0 spiro atoms. The van der Waals surface area contributed by atoms with Gasteiger partial charge in [-0.15, -0.1) is 0 Å². The van der Waals surface area contributed by atoms with E-state index in [1.807, 2.05) is 13.8 Å². The molecule has 0 fully saturated rings. The molecule has 94 valence electrons. The fraction of sp³-hybridized carbons (Fsp3) is 0.417. The van der Waals surface area contributed by atoms with Gasteiger partial charge in [-0.2, -0.15) is 0 Å². The molecule has 0 aliphatic rings. The molecule has 0 radical (unpaired) electrons. The second kappa shape index (κ2) is 6.57. The Hall–Kier alpha value is -1.13. The van der Waals surface area contributed by atoms with E-state index in [0.29, 0.717) is 0 Å². The molecule has 1 aromatic carbocycles. The fourth-order valence-electron chi connectivity index (χ4n) is 1.15. The first-order valence-electron chi connectivity index (χ1n) is 5.24. The van der Waals surface area contributed by atoms with Crippen molar-refractivity contribution in [3.8, 4) is 0 Å². The Labute approximate surface area is 104 Å². The normalized spacial score (nSPS) is 10.6.